The van der Waals surface area contributed by atoms with Crippen LogP contribution in [0.3, 0.4) is 0 Å². The fourth-order valence-corrected chi connectivity index (χ4v) is 1.90. The Morgan fingerprint density at radius 3 is 1.53 bits per heavy atom. The van der Waals surface area contributed by atoms with Gasteiger partial charge in [-0.3, -0.25) is 0 Å². The van der Waals surface area contributed by atoms with Crippen LogP contribution in [0.15, 0.2) is 0 Å². The molecule has 0 aromatic carbocycles. The molecule has 0 saturated heterocycles. The van der Waals surface area contributed by atoms with Gasteiger partial charge in [0, 0.05) is 0 Å². The molecule has 0 saturated carbocycles. The summed E-state index contributed by atoms with van der Waals surface area (Å²) in [6, 6.07) is 0. The molecule has 0 N–H and O–H groups in total. The molecule has 0 fully saturated rings. The van der Waals surface area contributed by atoms with E-state index in [0.717, 1.165) is 0 Å². The zero-order chi connectivity index (χ0) is 11.5. The number of ether oxygens (including phenoxy) is 1. The number of rotatable bonds is 10. The van der Waals surface area contributed by atoms with Crippen molar-refractivity contribution in [3.63, 3.8) is 0 Å². The van der Waals surface area contributed by atoms with Crippen LogP contribution < -0.4 is 0 Å². The van der Waals surface area contributed by atoms with E-state index in [2.05, 4.69) is 49.3 Å². The van der Waals surface area contributed by atoms with Gasteiger partial charge in [0.05, 0.1) is 0 Å². The molecular weight excluding hydrogens is 174 g/mol. The van der Waals surface area contributed by atoms with E-state index in [9.17, 15) is 0 Å². The molecule has 0 aromatic rings. The standard InChI is InChI=1S/C12H24O.2Li/c1-3-5-7-9-11-13-12-10-8-6-4-2;;/h11-12H,3-10H2,1-2H3;;. The molecule has 2 atom stereocenters. The topological polar surface area (TPSA) is 9.23 Å². The molecule has 2 unspecified atom stereocenters. The van der Waals surface area contributed by atoms with Gasteiger partial charge in [0.15, 0.2) is 0 Å². The van der Waals surface area contributed by atoms with E-state index in [1.54, 1.807) is 0 Å². The summed E-state index contributed by atoms with van der Waals surface area (Å²) in [5.41, 5.74) is 0. The van der Waals surface area contributed by atoms with Crippen LogP contribution in [0.2, 0.25) is 0 Å². The van der Waals surface area contributed by atoms with Gasteiger partial charge in [-0.1, -0.05) is 0 Å². The second-order valence-electron chi connectivity index (χ2n) is 4.75. The monoisotopic (exact) mass is 198 g/mol. The Morgan fingerprint density at radius 2 is 1.20 bits per heavy atom. The first-order valence-electron chi connectivity index (χ1n) is 6.86. The van der Waals surface area contributed by atoms with E-state index in [0.29, 0.717) is 9.55 Å². The summed E-state index contributed by atoms with van der Waals surface area (Å²) in [7, 11) is 0. The molecule has 0 aromatic heterocycles. The molecule has 0 aliphatic heterocycles. The Balaban J connectivity index is 3.35. The van der Waals surface area contributed by atoms with E-state index in [1.165, 1.54) is 51.4 Å². The molecule has 0 amide bonds. The van der Waals surface area contributed by atoms with E-state index >= 15 is 0 Å². The molecule has 0 aliphatic carbocycles. The van der Waals surface area contributed by atoms with Crippen LogP contribution in [-0.2, 0) is 4.74 Å². The Morgan fingerprint density at radius 1 is 0.800 bits per heavy atom. The molecule has 0 bridgehead atoms. The third-order valence-corrected chi connectivity index (χ3v) is 2.89. The maximum atomic E-state index is 5.94. The SMILES string of the molecule is [Li][CH](CCCCC)O[CH]([Li])CCCCC. The molecule has 0 radical (unpaired) electrons. The van der Waals surface area contributed by atoms with Crippen LogP contribution >= 0.6 is 0 Å². The van der Waals surface area contributed by atoms with E-state index in [1.807, 2.05) is 0 Å². The van der Waals surface area contributed by atoms with Gasteiger partial charge in [-0.2, -0.15) is 0 Å². The van der Waals surface area contributed by atoms with Gasteiger partial charge < -0.3 is 0 Å². The van der Waals surface area contributed by atoms with Crippen LogP contribution in [0.1, 0.15) is 65.2 Å². The van der Waals surface area contributed by atoms with Gasteiger partial charge in [0.1, 0.15) is 0 Å². The minimum absolute atomic E-state index is 0.452. The van der Waals surface area contributed by atoms with Crippen molar-refractivity contribution in [2.24, 2.45) is 0 Å². The third kappa shape index (κ3) is 11.4. The quantitative estimate of drug-likeness (QED) is 0.387. The first kappa shape index (κ1) is 16.2. The third-order valence-electron chi connectivity index (χ3n) is 2.89. The van der Waals surface area contributed by atoms with Crippen molar-refractivity contribution in [1.82, 2.24) is 0 Å². The molecule has 15 heavy (non-hydrogen) atoms. The Bertz CT molecular complexity index is 117. The van der Waals surface area contributed by atoms with Gasteiger partial charge >= 0.3 is 115 Å². The second-order valence-corrected chi connectivity index (χ2v) is 4.75. The van der Waals surface area contributed by atoms with E-state index in [-0.39, 0.29) is 0 Å². The van der Waals surface area contributed by atoms with E-state index in [4.69, 9.17) is 4.74 Å². The average molecular weight is 198 g/mol. The van der Waals surface area contributed by atoms with Crippen LogP contribution in [-0.4, -0.2) is 45.0 Å². The van der Waals surface area contributed by atoms with Crippen molar-refractivity contribution < 1.29 is 4.74 Å². The molecule has 0 aliphatic rings. The summed E-state index contributed by atoms with van der Waals surface area (Å²) >= 11 is 4.43. The summed E-state index contributed by atoms with van der Waals surface area (Å²) in [6.07, 6.45) is 10.4. The molecule has 3 heteroatoms. The van der Waals surface area contributed by atoms with Crippen LogP contribution in [0, 0.1) is 0 Å². The summed E-state index contributed by atoms with van der Waals surface area (Å²) in [4.78, 5) is 0. The minimum atomic E-state index is 0.452. The summed E-state index contributed by atoms with van der Waals surface area (Å²) in [6.45, 7) is 4.50. The molecule has 1 nitrogen and oxygen atoms in total. The maximum absolute atomic E-state index is 5.94. The van der Waals surface area contributed by atoms with Crippen LogP contribution in [0.4, 0.5) is 0 Å². The average Bonchev–Trinajstić information content (AvgIpc) is 2.18. The number of hydrogen-bond acceptors (Lipinski definition) is 1. The zero-order valence-corrected chi connectivity index (χ0v) is 11.2. The Hall–Kier alpha value is 1.15. The predicted molar refractivity (Wildman–Crippen MR) is 68.5 cm³/mol. The van der Waals surface area contributed by atoms with Crippen LogP contribution in [0.5, 0.6) is 0 Å². The van der Waals surface area contributed by atoms with Crippen molar-refractivity contribution >= 4 is 35.4 Å². The first-order chi connectivity index (χ1) is 7.20. The molecule has 0 spiro atoms. The van der Waals surface area contributed by atoms with Gasteiger partial charge in [0.25, 0.3) is 0 Å². The summed E-state index contributed by atoms with van der Waals surface area (Å²) in [5, 5.41) is 0. The Labute approximate surface area is 115 Å². The fourth-order valence-electron chi connectivity index (χ4n) is 1.90. The van der Waals surface area contributed by atoms with E-state index < -0.39 is 0 Å². The molecule has 0 rings (SSSR count). The Kier molecular flexibility index (Phi) is 12.5. The molecular formula is C12H24Li2O. The second kappa shape index (κ2) is 11.6. The number of unbranched alkanes of at least 4 members (excludes halogenated alkanes) is 4. The predicted octanol–water partition coefficient (Wildman–Crippen LogP) is 3.15. The molecule has 0 heterocycles. The van der Waals surface area contributed by atoms with Crippen molar-refractivity contribution in [1.29, 1.82) is 0 Å². The normalized spacial score (nSPS) is 15.3. The van der Waals surface area contributed by atoms with Crippen LogP contribution in [0.25, 0.3) is 0 Å². The van der Waals surface area contributed by atoms with Gasteiger partial charge in [-0.25, -0.2) is 0 Å². The summed E-state index contributed by atoms with van der Waals surface area (Å²) < 4.78 is 6.85. The first-order valence-corrected chi connectivity index (χ1v) is 6.86. The van der Waals surface area contributed by atoms with Gasteiger partial charge in [-0.15, -0.1) is 0 Å². The van der Waals surface area contributed by atoms with Gasteiger partial charge in [-0.05, 0) is 0 Å². The van der Waals surface area contributed by atoms with Crippen molar-refractivity contribution in [3.05, 3.63) is 0 Å². The fraction of sp³-hybridized carbons (Fsp3) is 1.00. The molecule has 80 valence electrons. The van der Waals surface area contributed by atoms with Gasteiger partial charge in [0.2, 0.25) is 0 Å². The van der Waals surface area contributed by atoms with Crippen molar-refractivity contribution in [2.75, 3.05) is 0 Å². The summed E-state index contributed by atoms with van der Waals surface area (Å²) in [5.74, 6) is 0. The van der Waals surface area contributed by atoms with Crippen molar-refractivity contribution in [2.45, 2.75) is 74.8 Å². The number of hydrogen-bond donors (Lipinski definition) is 0. The van der Waals surface area contributed by atoms with Crippen molar-refractivity contribution in [3.8, 4) is 0 Å². The zero-order valence-electron chi connectivity index (χ0n) is 11.2.